The van der Waals surface area contributed by atoms with Crippen molar-refractivity contribution in [3.05, 3.63) is 63.2 Å². The Bertz CT molecular complexity index is 1020. The molecule has 0 fully saturated rings. The van der Waals surface area contributed by atoms with Crippen LogP contribution in [-0.4, -0.2) is 38.1 Å². The lowest BCUT2D eigenvalue weighted by Crippen LogP contribution is -2.31. The quantitative estimate of drug-likeness (QED) is 0.740. The van der Waals surface area contributed by atoms with Crippen molar-refractivity contribution >= 4 is 34.8 Å². The molecular formula is C16H13ClN4O4. The average molecular weight is 361 g/mol. The number of aromatic carboxylic acids is 1. The summed E-state index contributed by atoms with van der Waals surface area (Å²) in [5, 5.41) is 12.2. The van der Waals surface area contributed by atoms with Gasteiger partial charge in [-0.3, -0.25) is 14.7 Å². The van der Waals surface area contributed by atoms with Crippen LogP contribution in [0.5, 0.6) is 0 Å². The van der Waals surface area contributed by atoms with Crippen LogP contribution in [0.25, 0.3) is 5.65 Å². The van der Waals surface area contributed by atoms with E-state index in [0.717, 1.165) is 10.7 Å². The number of amides is 1. The van der Waals surface area contributed by atoms with E-state index in [1.807, 2.05) is 6.92 Å². The Hall–Kier alpha value is -3.13. The fourth-order valence-corrected chi connectivity index (χ4v) is 2.55. The Kier molecular flexibility index (Phi) is 4.28. The highest BCUT2D eigenvalue weighted by molar-refractivity contribution is 6.30. The van der Waals surface area contributed by atoms with Crippen LogP contribution in [-0.2, 0) is 0 Å². The third-order valence-electron chi connectivity index (χ3n) is 3.65. The third-order valence-corrected chi connectivity index (χ3v) is 3.91. The Morgan fingerprint density at radius 1 is 1.32 bits per heavy atom. The maximum atomic E-state index is 12.8. The van der Waals surface area contributed by atoms with Gasteiger partial charge in [-0.25, -0.2) is 14.3 Å². The molecule has 0 aliphatic carbocycles. The van der Waals surface area contributed by atoms with Crippen molar-refractivity contribution in [1.29, 1.82) is 0 Å². The minimum absolute atomic E-state index is 0.115. The number of rotatable bonds is 4. The number of carboxylic acid groups (broad SMARTS) is 1. The zero-order valence-electron chi connectivity index (χ0n) is 13.1. The van der Waals surface area contributed by atoms with Gasteiger partial charge in [-0.05, 0) is 31.2 Å². The molecule has 0 bridgehead atoms. The molecule has 0 unspecified atom stereocenters. The van der Waals surface area contributed by atoms with Crippen molar-refractivity contribution in [2.45, 2.75) is 6.92 Å². The van der Waals surface area contributed by atoms with Gasteiger partial charge in [0.05, 0.1) is 0 Å². The first kappa shape index (κ1) is 16.7. The van der Waals surface area contributed by atoms with E-state index in [4.69, 9.17) is 16.7 Å². The van der Waals surface area contributed by atoms with Crippen LogP contribution in [0, 0.1) is 0 Å². The number of aromatic amines is 1. The molecule has 0 aliphatic heterocycles. The van der Waals surface area contributed by atoms with Gasteiger partial charge in [0.2, 0.25) is 0 Å². The molecule has 0 atom stereocenters. The van der Waals surface area contributed by atoms with Gasteiger partial charge in [0.15, 0.2) is 5.65 Å². The van der Waals surface area contributed by atoms with Gasteiger partial charge in [0, 0.05) is 29.5 Å². The number of aromatic nitrogens is 3. The predicted octanol–water partition coefficient (Wildman–Crippen LogP) is 2.04. The molecule has 0 spiro atoms. The summed E-state index contributed by atoms with van der Waals surface area (Å²) in [5.74, 6) is -1.77. The van der Waals surface area contributed by atoms with Gasteiger partial charge in [-0.2, -0.15) is 0 Å². The highest BCUT2D eigenvalue weighted by Crippen LogP contribution is 2.20. The van der Waals surface area contributed by atoms with E-state index < -0.39 is 17.1 Å². The van der Waals surface area contributed by atoms with Gasteiger partial charge < -0.3 is 10.0 Å². The number of fused-ring (bicyclic) bond motifs is 1. The van der Waals surface area contributed by atoms with Crippen molar-refractivity contribution in [3.63, 3.8) is 0 Å². The molecule has 0 radical (unpaired) electrons. The molecule has 1 aromatic carbocycles. The van der Waals surface area contributed by atoms with Gasteiger partial charge in [0.25, 0.3) is 11.5 Å². The minimum atomic E-state index is -1.38. The summed E-state index contributed by atoms with van der Waals surface area (Å²) < 4.78 is 0.937. The molecular weight excluding hydrogens is 348 g/mol. The first-order chi connectivity index (χ1) is 11.9. The lowest BCUT2D eigenvalue weighted by Gasteiger charge is -2.20. The second kappa shape index (κ2) is 6.40. The molecule has 25 heavy (non-hydrogen) atoms. The molecule has 1 amide bonds. The number of benzene rings is 1. The summed E-state index contributed by atoms with van der Waals surface area (Å²) in [6, 6.07) is 8.15. The summed E-state index contributed by atoms with van der Waals surface area (Å²) in [5.41, 5.74) is -0.356. The van der Waals surface area contributed by atoms with Crippen molar-refractivity contribution in [3.8, 4) is 0 Å². The molecule has 2 N–H and O–H groups in total. The standard InChI is InChI=1S/C16H13ClN4O4/c1-2-20(10-5-3-9(17)4-6-10)15(23)12-7-13-18-8-11(16(24)25)14(22)21(13)19-12/h3-8,19H,2H2,1H3,(H,24,25). The Labute approximate surface area is 146 Å². The summed E-state index contributed by atoms with van der Waals surface area (Å²) in [4.78, 5) is 41.3. The van der Waals surface area contributed by atoms with E-state index in [0.29, 0.717) is 17.3 Å². The van der Waals surface area contributed by atoms with Crippen molar-refractivity contribution < 1.29 is 14.7 Å². The number of carbonyl (C=O) groups is 2. The number of hydrogen-bond acceptors (Lipinski definition) is 4. The molecule has 3 rings (SSSR count). The number of nitrogens with one attached hydrogen (secondary N) is 1. The highest BCUT2D eigenvalue weighted by atomic mass is 35.5. The van der Waals surface area contributed by atoms with Crippen molar-refractivity contribution in [1.82, 2.24) is 14.6 Å². The predicted molar refractivity (Wildman–Crippen MR) is 91.6 cm³/mol. The Morgan fingerprint density at radius 3 is 2.60 bits per heavy atom. The first-order valence-corrected chi connectivity index (χ1v) is 7.71. The van der Waals surface area contributed by atoms with Crippen LogP contribution >= 0.6 is 11.6 Å². The molecule has 0 saturated heterocycles. The molecule has 2 aromatic heterocycles. The smallest absolute Gasteiger partial charge is 0.343 e. The maximum absolute atomic E-state index is 12.8. The van der Waals surface area contributed by atoms with E-state index >= 15 is 0 Å². The second-order valence-electron chi connectivity index (χ2n) is 5.17. The molecule has 128 valence electrons. The van der Waals surface area contributed by atoms with E-state index in [-0.39, 0.29) is 17.2 Å². The van der Waals surface area contributed by atoms with E-state index in [1.165, 1.54) is 11.0 Å². The number of H-pyrrole nitrogens is 1. The van der Waals surface area contributed by atoms with E-state index in [1.54, 1.807) is 24.3 Å². The molecule has 2 heterocycles. The van der Waals surface area contributed by atoms with E-state index in [9.17, 15) is 14.4 Å². The fourth-order valence-electron chi connectivity index (χ4n) is 2.43. The van der Waals surface area contributed by atoms with Crippen LogP contribution in [0.15, 0.2) is 41.3 Å². The monoisotopic (exact) mass is 360 g/mol. The van der Waals surface area contributed by atoms with Crippen LogP contribution in [0.4, 0.5) is 5.69 Å². The van der Waals surface area contributed by atoms with E-state index in [2.05, 4.69) is 10.1 Å². The number of halogens is 1. The molecule has 9 heteroatoms. The van der Waals surface area contributed by atoms with Gasteiger partial charge in [-0.15, -0.1) is 0 Å². The van der Waals surface area contributed by atoms with Gasteiger partial charge in [0.1, 0.15) is 11.3 Å². The lowest BCUT2D eigenvalue weighted by molar-refractivity contribution is 0.0694. The maximum Gasteiger partial charge on any atom is 0.343 e. The Balaban J connectivity index is 2.04. The largest absolute Gasteiger partial charge is 0.477 e. The lowest BCUT2D eigenvalue weighted by atomic mass is 10.2. The average Bonchev–Trinajstić information content (AvgIpc) is 3.02. The summed E-state index contributed by atoms with van der Waals surface area (Å²) in [6.45, 7) is 2.20. The summed E-state index contributed by atoms with van der Waals surface area (Å²) in [6.07, 6.45) is 0.971. The van der Waals surface area contributed by atoms with Crippen molar-refractivity contribution in [2.75, 3.05) is 11.4 Å². The molecule has 0 saturated carbocycles. The number of hydrogen-bond donors (Lipinski definition) is 2. The fraction of sp³-hybridized carbons (Fsp3) is 0.125. The Morgan fingerprint density at radius 2 is 2.00 bits per heavy atom. The van der Waals surface area contributed by atoms with Gasteiger partial charge >= 0.3 is 5.97 Å². The molecule has 0 aliphatic rings. The summed E-state index contributed by atoms with van der Waals surface area (Å²) >= 11 is 5.86. The first-order valence-electron chi connectivity index (χ1n) is 7.34. The number of nitrogens with zero attached hydrogens (tertiary/aromatic N) is 3. The SMILES string of the molecule is CCN(C(=O)c1cc2ncc(C(=O)O)c(=O)n2[nH]1)c1ccc(Cl)cc1. The topological polar surface area (TPSA) is 108 Å². The van der Waals surface area contributed by atoms with Crippen molar-refractivity contribution in [2.24, 2.45) is 0 Å². The number of carbonyl (C=O) groups excluding carboxylic acids is 1. The minimum Gasteiger partial charge on any atom is -0.477 e. The zero-order valence-corrected chi connectivity index (χ0v) is 13.8. The van der Waals surface area contributed by atoms with Crippen LogP contribution in [0.1, 0.15) is 27.8 Å². The third kappa shape index (κ3) is 2.99. The zero-order chi connectivity index (χ0) is 18.1. The van der Waals surface area contributed by atoms with Crippen LogP contribution in [0.3, 0.4) is 0 Å². The number of anilines is 1. The summed E-state index contributed by atoms with van der Waals surface area (Å²) in [7, 11) is 0. The molecule has 3 aromatic rings. The number of carboxylic acids is 1. The van der Waals surface area contributed by atoms with Crippen LogP contribution in [0.2, 0.25) is 5.02 Å². The van der Waals surface area contributed by atoms with Gasteiger partial charge in [-0.1, -0.05) is 11.6 Å². The van der Waals surface area contributed by atoms with Crippen LogP contribution < -0.4 is 10.5 Å². The molecule has 8 nitrogen and oxygen atoms in total. The normalized spacial score (nSPS) is 10.8. The highest BCUT2D eigenvalue weighted by Gasteiger charge is 2.20. The second-order valence-corrected chi connectivity index (χ2v) is 5.61.